The quantitative estimate of drug-likeness (QED) is 0.741. The predicted molar refractivity (Wildman–Crippen MR) is 104 cm³/mol. The SMILES string of the molecule is O=C(Nc1ccc2ncsc2c1)NC1CCCN(Cc2cccnc2)C1. The van der Waals surface area contributed by atoms with E-state index < -0.39 is 0 Å². The normalized spacial score (nSPS) is 17.9. The van der Waals surface area contributed by atoms with Gasteiger partial charge in [0.05, 0.1) is 15.7 Å². The van der Waals surface area contributed by atoms with Gasteiger partial charge in [-0.2, -0.15) is 0 Å². The van der Waals surface area contributed by atoms with Gasteiger partial charge in [-0.05, 0) is 49.2 Å². The maximum Gasteiger partial charge on any atom is 0.319 e. The fourth-order valence-corrected chi connectivity index (χ4v) is 4.07. The van der Waals surface area contributed by atoms with Crippen molar-refractivity contribution >= 4 is 33.3 Å². The van der Waals surface area contributed by atoms with Gasteiger partial charge in [0.15, 0.2) is 0 Å². The fraction of sp³-hybridized carbons (Fsp3) is 0.316. The Morgan fingerprint density at radius 1 is 1.35 bits per heavy atom. The lowest BCUT2D eigenvalue weighted by Crippen LogP contribution is -2.48. The first kappa shape index (κ1) is 16.9. The van der Waals surface area contributed by atoms with E-state index in [0.717, 1.165) is 48.4 Å². The number of pyridine rings is 1. The molecule has 2 aromatic heterocycles. The fourth-order valence-electron chi connectivity index (χ4n) is 3.35. The number of nitrogens with zero attached hydrogens (tertiary/aromatic N) is 3. The maximum absolute atomic E-state index is 12.4. The number of urea groups is 1. The molecule has 3 aromatic rings. The molecule has 1 aromatic carbocycles. The third kappa shape index (κ3) is 4.17. The monoisotopic (exact) mass is 367 g/mol. The number of hydrogen-bond donors (Lipinski definition) is 2. The van der Waals surface area contributed by atoms with Gasteiger partial charge in [-0.1, -0.05) is 6.07 Å². The van der Waals surface area contributed by atoms with E-state index in [2.05, 4.69) is 31.6 Å². The highest BCUT2D eigenvalue weighted by Gasteiger charge is 2.21. The third-order valence-corrected chi connectivity index (χ3v) is 5.35. The first-order valence-electron chi connectivity index (χ1n) is 8.78. The first-order chi connectivity index (χ1) is 12.8. The summed E-state index contributed by atoms with van der Waals surface area (Å²) >= 11 is 1.57. The minimum absolute atomic E-state index is 0.151. The molecule has 1 fully saturated rings. The molecule has 0 spiro atoms. The second-order valence-corrected chi connectivity index (χ2v) is 7.46. The van der Waals surface area contributed by atoms with Gasteiger partial charge in [-0.25, -0.2) is 9.78 Å². The Kier molecular flexibility index (Phi) is 5.08. The number of benzene rings is 1. The van der Waals surface area contributed by atoms with Gasteiger partial charge >= 0.3 is 6.03 Å². The molecule has 1 saturated heterocycles. The van der Waals surface area contributed by atoms with Gasteiger partial charge in [-0.3, -0.25) is 9.88 Å². The summed E-state index contributed by atoms with van der Waals surface area (Å²) in [5.74, 6) is 0. The highest BCUT2D eigenvalue weighted by molar-refractivity contribution is 7.16. The summed E-state index contributed by atoms with van der Waals surface area (Å²) in [6.07, 6.45) is 5.78. The largest absolute Gasteiger partial charge is 0.334 e. The van der Waals surface area contributed by atoms with Crippen molar-refractivity contribution in [2.75, 3.05) is 18.4 Å². The zero-order valence-electron chi connectivity index (χ0n) is 14.4. The number of nitrogens with one attached hydrogen (secondary N) is 2. The molecule has 3 heterocycles. The minimum atomic E-state index is -0.151. The van der Waals surface area contributed by atoms with Crippen LogP contribution >= 0.6 is 11.3 Å². The van der Waals surface area contributed by atoms with Gasteiger partial charge in [-0.15, -0.1) is 11.3 Å². The van der Waals surface area contributed by atoms with Crippen molar-refractivity contribution in [2.45, 2.75) is 25.4 Å². The smallest absolute Gasteiger partial charge is 0.319 e. The molecule has 0 radical (unpaired) electrons. The second-order valence-electron chi connectivity index (χ2n) is 6.57. The summed E-state index contributed by atoms with van der Waals surface area (Å²) in [6.45, 7) is 2.78. The van der Waals surface area contributed by atoms with Crippen molar-refractivity contribution in [3.8, 4) is 0 Å². The van der Waals surface area contributed by atoms with Crippen LogP contribution in [0.1, 0.15) is 18.4 Å². The predicted octanol–water partition coefficient (Wildman–Crippen LogP) is 3.48. The Morgan fingerprint density at radius 3 is 3.19 bits per heavy atom. The number of likely N-dealkylation sites (tertiary alicyclic amines) is 1. The molecule has 1 aliphatic heterocycles. The highest BCUT2D eigenvalue weighted by atomic mass is 32.1. The second kappa shape index (κ2) is 7.80. The van der Waals surface area contributed by atoms with Crippen LogP contribution in [-0.4, -0.2) is 40.0 Å². The molecule has 0 bridgehead atoms. The summed E-state index contributed by atoms with van der Waals surface area (Å²) in [5, 5.41) is 6.04. The number of thiazole rings is 1. The molecule has 1 atom stereocenters. The number of amides is 2. The topological polar surface area (TPSA) is 70.2 Å². The molecular formula is C19H21N5OS. The van der Waals surface area contributed by atoms with E-state index in [9.17, 15) is 4.79 Å². The number of rotatable bonds is 4. The molecule has 0 aliphatic carbocycles. The number of aromatic nitrogens is 2. The lowest BCUT2D eigenvalue weighted by atomic mass is 10.1. The average Bonchev–Trinajstić information content (AvgIpc) is 3.10. The first-order valence-corrected chi connectivity index (χ1v) is 9.66. The van der Waals surface area contributed by atoms with Gasteiger partial charge < -0.3 is 10.6 Å². The van der Waals surface area contributed by atoms with E-state index in [0.29, 0.717) is 0 Å². The van der Waals surface area contributed by atoms with Crippen LogP contribution in [0.25, 0.3) is 10.2 Å². The molecule has 2 amide bonds. The highest BCUT2D eigenvalue weighted by Crippen LogP contribution is 2.22. The Morgan fingerprint density at radius 2 is 2.31 bits per heavy atom. The summed E-state index contributed by atoms with van der Waals surface area (Å²) < 4.78 is 1.07. The van der Waals surface area contributed by atoms with Crippen molar-refractivity contribution in [3.63, 3.8) is 0 Å². The summed E-state index contributed by atoms with van der Waals surface area (Å²) in [7, 11) is 0. The van der Waals surface area contributed by atoms with Gasteiger partial charge in [0, 0.05) is 37.2 Å². The number of piperidine rings is 1. The van der Waals surface area contributed by atoms with Crippen LogP contribution in [0.15, 0.2) is 48.2 Å². The lowest BCUT2D eigenvalue weighted by molar-refractivity contribution is 0.183. The molecule has 4 rings (SSSR count). The van der Waals surface area contributed by atoms with E-state index in [1.165, 1.54) is 5.56 Å². The van der Waals surface area contributed by atoms with Gasteiger partial charge in [0.1, 0.15) is 0 Å². The van der Waals surface area contributed by atoms with Crippen LogP contribution in [0.3, 0.4) is 0 Å². The molecule has 0 saturated carbocycles. The van der Waals surface area contributed by atoms with Gasteiger partial charge in [0.2, 0.25) is 0 Å². The van der Waals surface area contributed by atoms with Crippen LogP contribution in [0.2, 0.25) is 0 Å². The summed E-state index contributed by atoms with van der Waals surface area (Å²) in [5.41, 5.74) is 4.77. The van der Waals surface area contributed by atoms with Crippen LogP contribution < -0.4 is 10.6 Å². The Labute approximate surface area is 156 Å². The molecular weight excluding hydrogens is 346 g/mol. The standard InChI is InChI=1S/C19H21N5OS/c25-19(22-15-5-6-17-18(9-15)26-13-21-17)23-16-4-2-8-24(12-16)11-14-3-1-7-20-10-14/h1,3,5-7,9-10,13,16H,2,4,8,11-12H2,(H2,22,23,25). The minimum Gasteiger partial charge on any atom is -0.334 e. The molecule has 1 aliphatic rings. The van der Waals surface area contributed by atoms with E-state index in [4.69, 9.17) is 0 Å². The molecule has 2 N–H and O–H groups in total. The summed E-state index contributed by atoms with van der Waals surface area (Å²) in [4.78, 5) is 23.2. The number of hydrogen-bond acceptors (Lipinski definition) is 5. The van der Waals surface area contributed by atoms with Crippen molar-refractivity contribution in [2.24, 2.45) is 0 Å². The molecule has 7 heteroatoms. The zero-order chi connectivity index (χ0) is 17.8. The molecule has 26 heavy (non-hydrogen) atoms. The third-order valence-electron chi connectivity index (χ3n) is 4.56. The molecule has 1 unspecified atom stereocenters. The van der Waals surface area contributed by atoms with Crippen LogP contribution in [0.5, 0.6) is 0 Å². The van der Waals surface area contributed by atoms with E-state index in [1.807, 2.05) is 36.0 Å². The Balaban J connectivity index is 1.31. The molecule has 134 valence electrons. The van der Waals surface area contributed by atoms with Crippen molar-refractivity contribution in [1.29, 1.82) is 0 Å². The number of carbonyl (C=O) groups is 1. The van der Waals surface area contributed by atoms with Gasteiger partial charge in [0.25, 0.3) is 0 Å². The lowest BCUT2D eigenvalue weighted by Gasteiger charge is -2.33. The van der Waals surface area contributed by atoms with Crippen molar-refractivity contribution < 1.29 is 4.79 Å². The number of anilines is 1. The van der Waals surface area contributed by atoms with Crippen LogP contribution in [0, 0.1) is 0 Å². The Bertz CT molecular complexity index is 882. The van der Waals surface area contributed by atoms with Crippen LogP contribution in [-0.2, 0) is 6.54 Å². The van der Waals surface area contributed by atoms with E-state index in [-0.39, 0.29) is 12.1 Å². The van der Waals surface area contributed by atoms with Crippen molar-refractivity contribution in [3.05, 3.63) is 53.8 Å². The Hall–Kier alpha value is -2.51. The maximum atomic E-state index is 12.4. The van der Waals surface area contributed by atoms with E-state index in [1.54, 1.807) is 17.5 Å². The zero-order valence-corrected chi connectivity index (χ0v) is 15.2. The number of carbonyl (C=O) groups excluding carboxylic acids is 1. The average molecular weight is 367 g/mol. The summed E-state index contributed by atoms with van der Waals surface area (Å²) in [6, 6.07) is 9.83. The number of fused-ring (bicyclic) bond motifs is 1. The van der Waals surface area contributed by atoms with Crippen LogP contribution in [0.4, 0.5) is 10.5 Å². The van der Waals surface area contributed by atoms with Crippen molar-refractivity contribution in [1.82, 2.24) is 20.2 Å². The van der Waals surface area contributed by atoms with E-state index >= 15 is 0 Å². The molecule has 6 nitrogen and oxygen atoms in total.